The highest BCUT2D eigenvalue weighted by atomic mass is 16.6. The van der Waals surface area contributed by atoms with E-state index in [9.17, 15) is 4.79 Å². The molecule has 1 saturated carbocycles. The van der Waals surface area contributed by atoms with Gasteiger partial charge in [-0.05, 0) is 18.8 Å². The normalized spacial score (nSPS) is 47.0. The largest absolute Gasteiger partial charge is 0.462 e. The fraction of sp³-hybridized carbons (Fsp3) is 0.900. The lowest BCUT2D eigenvalue weighted by Gasteiger charge is -2.28. The third-order valence-corrected chi connectivity index (χ3v) is 3.39. The maximum atomic E-state index is 11.2. The molecule has 4 atom stereocenters. The standard InChI is InChI=1S/C10H16O2/c1-6-3-4-8-7(2)10(11)12-9(8)5-6/h6-9H,3-5H2,1-2H3/t6-,7+,8+,9+/m0/s1. The number of fused-ring (bicyclic) bond motifs is 1. The van der Waals surface area contributed by atoms with E-state index in [4.69, 9.17) is 4.74 Å². The minimum Gasteiger partial charge on any atom is -0.462 e. The van der Waals surface area contributed by atoms with Gasteiger partial charge in [0.05, 0.1) is 5.92 Å². The van der Waals surface area contributed by atoms with Gasteiger partial charge >= 0.3 is 5.97 Å². The van der Waals surface area contributed by atoms with Crippen molar-refractivity contribution < 1.29 is 9.53 Å². The maximum absolute atomic E-state index is 11.2. The molecule has 1 aliphatic heterocycles. The molecule has 0 bridgehead atoms. The van der Waals surface area contributed by atoms with Crippen LogP contribution in [0, 0.1) is 17.8 Å². The van der Waals surface area contributed by atoms with Crippen LogP contribution in [0.5, 0.6) is 0 Å². The Morgan fingerprint density at radius 2 is 2.08 bits per heavy atom. The molecule has 0 radical (unpaired) electrons. The summed E-state index contributed by atoms with van der Waals surface area (Å²) in [7, 11) is 0. The first kappa shape index (κ1) is 8.09. The first-order valence-electron chi connectivity index (χ1n) is 4.89. The summed E-state index contributed by atoms with van der Waals surface area (Å²) >= 11 is 0. The van der Waals surface area contributed by atoms with Crippen LogP contribution in [0.25, 0.3) is 0 Å². The van der Waals surface area contributed by atoms with Gasteiger partial charge in [-0.1, -0.05) is 20.3 Å². The molecular formula is C10H16O2. The smallest absolute Gasteiger partial charge is 0.309 e. The summed E-state index contributed by atoms with van der Waals surface area (Å²) in [4.78, 5) is 11.2. The van der Waals surface area contributed by atoms with Gasteiger partial charge in [-0.15, -0.1) is 0 Å². The van der Waals surface area contributed by atoms with Crippen LogP contribution in [-0.2, 0) is 9.53 Å². The average molecular weight is 168 g/mol. The Morgan fingerprint density at radius 3 is 2.83 bits per heavy atom. The SMILES string of the molecule is C[C@H]1CC[C@H]2[C@@H](C1)OC(=O)[C@@H]2C. The van der Waals surface area contributed by atoms with Crippen molar-refractivity contribution >= 4 is 5.97 Å². The van der Waals surface area contributed by atoms with E-state index >= 15 is 0 Å². The van der Waals surface area contributed by atoms with Gasteiger partial charge in [0.25, 0.3) is 0 Å². The zero-order valence-corrected chi connectivity index (χ0v) is 7.75. The number of hydrogen-bond donors (Lipinski definition) is 0. The zero-order chi connectivity index (χ0) is 8.72. The molecule has 12 heavy (non-hydrogen) atoms. The van der Waals surface area contributed by atoms with Gasteiger partial charge in [0.1, 0.15) is 6.10 Å². The van der Waals surface area contributed by atoms with Crippen molar-refractivity contribution in [1.82, 2.24) is 0 Å². The molecule has 2 fully saturated rings. The second-order valence-corrected chi connectivity index (χ2v) is 4.35. The first-order chi connectivity index (χ1) is 5.68. The molecule has 0 aromatic carbocycles. The molecule has 2 heteroatoms. The van der Waals surface area contributed by atoms with Crippen LogP contribution in [0.3, 0.4) is 0 Å². The third kappa shape index (κ3) is 1.13. The molecule has 2 nitrogen and oxygen atoms in total. The van der Waals surface area contributed by atoms with Crippen molar-refractivity contribution in [2.45, 2.75) is 39.2 Å². The van der Waals surface area contributed by atoms with E-state index in [0.717, 1.165) is 12.3 Å². The molecule has 2 aliphatic rings. The minimum atomic E-state index is 0.0269. The van der Waals surface area contributed by atoms with E-state index in [1.165, 1.54) is 12.8 Å². The topological polar surface area (TPSA) is 26.3 Å². The van der Waals surface area contributed by atoms with E-state index in [1.54, 1.807) is 0 Å². The van der Waals surface area contributed by atoms with E-state index in [1.807, 2.05) is 6.92 Å². The molecule has 1 aliphatic carbocycles. The number of rotatable bonds is 0. The monoisotopic (exact) mass is 168 g/mol. The van der Waals surface area contributed by atoms with Gasteiger partial charge in [0.15, 0.2) is 0 Å². The molecule has 1 heterocycles. The van der Waals surface area contributed by atoms with Crippen molar-refractivity contribution in [3.63, 3.8) is 0 Å². The molecule has 0 unspecified atom stereocenters. The number of ether oxygens (including phenoxy) is 1. The van der Waals surface area contributed by atoms with Crippen LogP contribution in [0.2, 0.25) is 0 Å². The summed E-state index contributed by atoms with van der Waals surface area (Å²) in [6.07, 6.45) is 3.78. The van der Waals surface area contributed by atoms with Crippen LogP contribution < -0.4 is 0 Å². The molecule has 1 saturated heterocycles. The number of hydrogen-bond acceptors (Lipinski definition) is 2. The fourth-order valence-corrected chi connectivity index (χ4v) is 2.49. The van der Waals surface area contributed by atoms with E-state index in [2.05, 4.69) is 6.92 Å². The summed E-state index contributed by atoms with van der Waals surface area (Å²) in [6, 6.07) is 0. The van der Waals surface area contributed by atoms with Crippen molar-refractivity contribution in [3.8, 4) is 0 Å². The van der Waals surface area contributed by atoms with Crippen LogP contribution in [0.4, 0.5) is 0 Å². The number of esters is 1. The molecule has 0 aromatic rings. The summed E-state index contributed by atoms with van der Waals surface area (Å²) in [5, 5.41) is 0. The molecule has 2 rings (SSSR count). The Labute approximate surface area is 73.3 Å². The minimum absolute atomic E-state index is 0.0269. The van der Waals surface area contributed by atoms with Crippen LogP contribution >= 0.6 is 0 Å². The predicted octanol–water partition coefficient (Wildman–Crippen LogP) is 1.98. The Kier molecular flexibility index (Phi) is 1.85. The van der Waals surface area contributed by atoms with Crippen LogP contribution in [-0.4, -0.2) is 12.1 Å². The predicted molar refractivity (Wildman–Crippen MR) is 45.5 cm³/mol. The highest BCUT2D eigenvalue weighted by Gasteiger charge is 2.43. The zero-order valence-electron chi connectivity index (χ0n) is 7.75. The molecule has 0 amide bonds. The van der Waals surface area contributed by atoms with Gasteiger partial charge < -0.3 is 4.74 Å². The highest BCUT2D eigenvalue weighted by Crippen LogP contribution is 2.40. The van der Waals surface area contributed by atoms with Crippen molar-refractivity contribution in [3.05, 3.63) is 0 Å². The molecule has 68 valence electrons. The second-order valence-electron chi connectivity index (χ2n) is 4.35. The van der Waals surface area contributed by atoms with Gasteiger partial charge in [-0.25, -0.2) is 0 Å². The maximum Gasteiger partial charge on any atom is 0.309 e. The van der Waals surface area contributed by atoms with E-state index in [0.29, 0.717) is 5.92 Å². The fourth-order valence-electron chi connectivity index (χ4n) is 2.49. The van der Waals surface area contributed by atoms with Crippen molar-refractivity contribution in [2.24, 2.45) is 17.8 Å². The van der Waals surface area contributed by atoms with Gasteiger partial charge in [0, 0.05) is 5.92 Å². The average Bonchev–Trinajstić information content (AvgIpc) is 2.28. The molecule has 0 N–H and O–H groups in total. The van der Waals surface area contributed by atoms with Crippen LogP contribution in [0.15, 0.2) is 0 Å². The molecule has 0 spiro atoms. The van der Waals surface area contributed by atoms with E-state index in [-0.39, 0.29) is 18.0 Å². The Bertz CT molecular complexity index is 200. The number of carbonyl (C=O) groups is 1. The summed E-state index contributed by atoms with van der Waals surface area (Å²) in [6.45, 7) is 4.25. The van der Waals surface area contributed by atoms with Gasteiger partial charge in [-0.2, -0.15) is 0 Å². The van der Waals surface area contributed by atoms with E-state index < -0.39 is 0 Å². The Balaban J connectivity index is 2.09. The second kappa shape index (κ2) is 2.75. The third-order valence-electron chi connectivity index (χ3n) is 3.39. The van der Waals surface area contributed by atoms with Crippen molar-refractivity contribution in [1.29, 1.82) is 0 Å². The number of carbonyl (C=O) groups excluding carboxylic acids is 1. The van der Waals surface area contributed by atoms with Gasteiger partial charge in [0.2, 0.25) is 0 Å². The van der Waals surface area contributed by atoms with Gasteiger partial charge in [-0.3, -0.25) is 4.79 Å². The first-order valence-corrected chi connectivity index (χ1v) is 4.89. The van der Waals surface area contributed by atoms with Crippen molar-refractivity contribution in [2.75, 3.05) is 0 Å². The molecular weight excluding hydrogens is 152 g/mol. The van der Waals surface area contributed by atoms with Crippen LogP contribution in [0.1, 0.15) is 33.1 Å². The lowest BCUT2D eigenvalue weighted by molar-refractivity contribution is -0.144. The summed E-state index contributed by atoms with van der Waals surface area (Å²) < 4.78 is 5.31. The summed E-state index contributed by atoms with van der Waals surface area (Å²) in [5.41, 5.74) is 0. The quantitative estimate of drug-likeness (QED) is 0.517. The lowest BCUT2D eigenvalue weighted by Crippen LogP contribution is -2.27. The Hall–Kier alpha value is -0.530. The Morgan fingerprint density at radius 1 is 1.33 bits per heavy atom. The summed E-state index contributed by atoms with van der Waals surface area (Å²) in [5.74, 6) is 1.44. The highest BCUT2D eigenvalue weighted by molar-refractivity contribution is 5.74. The molecule has 0 aromatic heterocycles. The lowest BCUT2D eigenvalue weighted by atomic mass is 9.77.